The van der Waals surface area contributed by atoms with E-state index in [1.165, 1.54) is 0 Å². The van der Waals surface area contributed by atoms with Gasteiger partial charge in [-0.25, -0.2) is 13.9 Å². The number of aliphatic carboxylic acids is 2. The van der Waals surface area contributed by atoms with Crippen LogP contribution in [0.3, 0.4) is 0 Å². The molecule has 0 radical (unpaired) electrons. The fourth-order valence-electron chi connectivity index (χ4n) is 0.751. The second-order valence-corrected chi connectivity index (χ2v) is 2.93. The summed E-state index contributed by atoms with van der Waals surface area (Å²) in [4.78, 5) is 18.9. The zero-order chi connectivity index (χ0) is 13.6. The van der Waals surface area contributed by atoms with Crippen molar-refractivity contribution in [3.63, 3.8) is 0 Å². The van der Waals surface area contributed by atoms with E-state index in [9.17, 15) is 18.0 Å². The molecule has 0 unspecified atom stereocenters. The largest absolute Gasteiger partial charge is 0.542 e. The molecule has 1 N–H and O–H groups in total. The number of alkyl halides is 3. The zero-order valence-corrected chi connectivity index (χ0v) is 8.64. The first-order chi connectivity index (χ1) is 7.62. The monoisotopic (exact) mass is 254 g/mol. The number of aromatic nitrogens is 2. The average Bonchev–Trinajstić information content (AvgIpc) is 2.49. The third-order valence-electron chi connectivity index (χ3n) is 1.37. The Kier molecular flexibility index (Phi) is 5.16. The van der Waals surface area contributed by atoms with Gasteiger partial charge in [0.1, 0.15) is 18.4 Å². The lowest BCUT2D eigenvalue weighted by atomic mass is 10.6. The normalized spacial score (nSPS) is 10.4. The summed E-state index contributed by atoms with van der Waals surface area (Å²) in [5.74, 6) is -3.83. The van der Waals surface area contributed by atoms with Crippen LogP contribution in [0.2, 0.25) is 0 Å². The standard InChI is InChI=1S/C6H8N2O2.C2HF3O2/c1-7-2-3-8(5-7)4-6(9)10;3-2(4,5)1(6)7/h2-3,5H,4H2,1H3;(H,6,7). The number of nitrogens with zero attached hydrogens (tertiary/aromatic N) is 2. The number of halogens is 3. The maximum absolute atomic E-state index is 10.5. The Hall–Kier alpha value is -2.06. The van der Waals surface area contributed by atoms with Gasteiger partial charge in [0.25, 0.3) is 0 Å². The van der Waals surface area contributed by atoms with E-state index in [0.29, 0.717) is 0 Å². The molecule has 96 valence electrons. The number of carboxylic acid groups (broad SMARTS) is 2. The second-order valence-electron chi connectivity index (χ2n) is 2.93. The minimum Gasteiger partial charge on any atom is -0.542 e. The maximum Gasteiger partial charge on any atom is 0.430 e. The van der Waals surface area contributed by atoms with Gasteiger partial charge in [0.15, 0.2) is 6.54 Å². The average molecular weight is 254 g/mol. The van der Waals surface area contributed by atoms with E-state index in [2.05, 4.69) is 0 Å². The predicted octanol–water partition coefficient (Wildman–Crippen LogP) is -1.30. The van der Waals surface area contributed by atoms with E-state index in [-0.39, 0.29) is 6.54 Å². The molecule has 0 aliphatic carbocycles. The number of carbonyl (C=O) groups excluding carboxylic acids is 1. The van der Waals surface area contributed by atoms with Crippen molar-refractivity contribution < 1.29 is 37.5 Å². The number of imidazole rings is 1. The molecule has 1 heterocycles. The molecule has 0 aromatic carbocycles. The first-order valence-corrected chi connectivity index (χ1v) is 4.14. The number of rotatable bonds is 2. The number of hydrogen-bond donors (Lipinski definition) is 1. The van der Waals surface area contributed by atoms with Crippen LogP contribution >= 0.6 is 0 Å². The Morgan fingerprint density at radius 1 is 1.47 bits per heavy atom. The van der Waals surface area contributed by atoms with Crippen molar-refractivity contribution in [3.05, 3.63) is 18.7 Å². The van der Waals surface area contributed by atoms with E-state index in [4.69, 9.17) is 15.0 Å². The lowest BCUT2D eigenvalue weighted by molar-refractivity contribution is -0.671. The predicted molar refractivity (Wildman–Crippen MR) is 44.3 cm³/mol. The molecular weight excluding hydrogens is 245 g/mol. The molecule has 1 aromatic heterocycles. The molecule has 0 aliphatic rings. The molecule has 1 rings (SSSR count). The van der Waals surface area contributed by atoms with Crippen molar-refractivity contribution in [2.24, 2.45) is 7.05 Å². The fraction of sp³-hybridized carbons (Fsp3) is 0.375. The number of carbonyl (C=O) groups is 2. The van der Waals surface area contributed by atoms with Gasteiger partial charge in [-0.3, -0.25) is 0 Å². The molecule has 0 fully saturated rings. The van der Waals surface area contributed by atoms with Crippen molar-refractivity contribution in [2.45, 2.75) is 12.7 Å². The van der Waals surface area contributed by atoms with Crippen molar-refractivity contribution in [1.82, 2.24) is 4.57 Å². The van der Waals surface area contributed by atoms with E-state index in [1.54, 1.807) is 27.9 Å². The Morgan fingerprint density at radius 3 is 2.18 bits per heavy atom. The summed E-state index contributed by atoms with van der Waals surface area (Å²) in [6, 6.07) is 0. The lowest BCUT2D eigenvalue weighted by Gasteiger charge is -2.03. The third kappa shape index (κ3) is 6.93. The lowest BCUT2D eigenvalue weighted by Crippen LogP contribution is -2.37. The highest BCUT2D eigenvalue weighted by molar-refractivity contribution is 5.70. The molecule has 0 saturated heterocycles. The molecule has 0 bridgehead atoms. The zero-order valence-electron chi connectivity index (χ0n) is 8.64. The smallest absolute Gasteiger partial charge is 0.430 e. The Labute approximate surface area is 93.5 Å². The first-order valence-electron chi connectivity index (χ1n) is 4.14. The van der Waals surface area contributed by atoms with Gasteiger partial charge in [-0.05, 0) is 0 Å². The fourth-order valence-corrected chi connectivity index (χ4v) is 0.751. The van der Waals surface area contributed by atoms with Crippen molar-refractivity contribution in [3.8, 4) is 0 Å². The number of carboxylic acids is 2. The summed E-state index contributed by atoms with van der Waals surface area (Å²) >= 11 is 0. The van der Waals surface area contributed by atoms with Crippen LogP contribution in [0.1, 0.15) is 0 Å². The number of aryl methyl sites for hydroxylation is 1. The van der Waals surface area contributed by atoms with Crippen molar-refractivity contribution >= 4 is 11.9 Å². The molecule has 0 atom stereocenters. The quantitative estimate of drug-likeness (QED) is 0.664. The molecular formula is C8H9F3N2O4. The molecule has 0 spiro atoms. The van der Waals surface area contributed by atoms with Gasteiger partial charge < -0.3 is 15.0 Å². The van der Waals surface area contributed by atoms with Gasteiger partial charge in [0.05, 0.1) is 7.05 Å². The summed E-state index contributed by atoms with van der Waals surface area (Å²) in [7, 11) is 1.85. The first kappa shape index (κ1) is 14.9. The number of hydrogen-bond acceptors (Lipinski definition) is 3. The summed E-state index contributed by atoms with van der Waals surface area (Å²) in [6.45, 7) is 0.0286. The van der Waals surface area contributed by atoms with Gasteiger partial charge >= 0.3 is 12.1 Å². The highest BCUT2D eigenvalue weighted by Crippen LogP contribution is 2.11. The highest BCUT2D eigenvalue weighted by atomic mass is 19.4. The van der Waals surface area contributed by atoms with Crippen molar-refractivity contribution in [1.29, 1.82) is 0 Å². The van der Waals surface area contributed by atoms with Gasteiger partial charge in [0.2, 0.25) is 6.33 Å². The van der Waals surface area contributed by atoms with E-state index >= 15 is 0 Å². The van der Waals surface area contributed by atoms with Gasteiger partial charge in [0, 0.05) is 0 Å². The van der Waals surface area contributed by atoms with Crippen LogP contribution in [0.4, 0.5) is 13.2 Å². The van der Waals surface area contributed by atoms with Gasteiger partial charge in [-0.1, -0.05) is 0 Å². The van der Waals surface area contributed by atoms with Crippen LogP contribution in [-0.4, -0.2) is 27.8 Å². The summed E-state index contributed by atoms with van der Waals surface area (Å²) in [5, 5.41) is 17.1. The maximum atomic E-state index is 10.5. The SMILES string of the molecule is C[n+]1ccn(CC(=O)O)c1.O=C([O-])C(F)(F)F. The Bertz CT molecular complexity index is 400. The van der Waals surface area contributed by atoms with E-state index in [1.807, 2.05) is 7.05 Å². The molecule has 17 heavy (non-hydrogen) atoms. The van der Waals surface area contributed by atoms with Gasteiger partial charge in [-0.2, -0.15) is 13.2 Å². The molecule has 0 amide bonds. The Balaban J connectivity index is 0.000000325. The second kappa shape index (κ2) is 5.87. The van der Waals surface area contributed by atoms with Crippen LogP contribution in [-0.2, 0) is 23.2 Å². The minimum atomic E-state index is -5.19. The van der Waals surface area contributed by atoms with Crippen LogP contribution in [0, 0.1) is 0 Å². The topological polar surface area (TPSA) is 86.2 Å². The van der Waals surface area contributed by atoms with Gasteiger partial charge in [-0.15, -0.1) is 0 Å². The van der Waals surface area contributed by atoms with Crippen LogP contribution in [0.15, 0.2) is 18.7 Å². The van der Waals surface area contributed by atoms with E-state index < -0.39 is 18.1 Å². The molecule has 0 saturated carbocycles. The van der Waals surface area contributed by atoms with Crippen LogP contribution < -0.4 is 9.67 Å². The molecule has 1 aromatic rings. The Morgan fingerprint density at radius 2 is 1.94 bits per heavy atom. The van der Waals surface area contributed by atoms with Crippen LogP contribution in [0.5, 0.6) is 0 Å². The van der Waals surface area contributed by atoms with E-state index in [0.717, 1.165) is 0 Å². The molecule has 0 aliphatic heterocycles. The summed E-state index contributed by atoms with van der Waals surface area (Å²) < 4.78 is 34.9. The summed E-state index contributed by atoms with van der Waals surface area (Å²) in [6.07, 6.45) is 0.0329. The molecule has 6 nitrogen and oxygen atoms in total. The molecule has 9 heteroatoms. The summed E-state index contributed by atoms with van der Waals surface area (Å²) in [5.41, 5.74) is 0. The van der Waals surface area contributed by atoms with Crippen LogP contribution in [0.25, 0.3) is 0 Å². The highest BCUT2D eigenvalue weighted by Gasteiger charge is 2.28. The van der Waals surface area contributed by atoms with Crippen molar-refractivity contribution in [2.75, 3.05) is 0 Å². The minimum absolute atomic E-state index is 0.0286. The third-order valence-corrected chi connectivity index (χ3v) is 1.37.